The van der Waals surface area contributed by atoms with Gasteiger partial charge in [-0.25, -0.2) is 0 Å². The van der Waals surface area contributed by atoms with E-state index in [0.29, 0.717) is 6.71 Å². The number of hydrogen-bond acceptors (Lipinski definition) is 1. The molecule has 0 spiro atoms. The molecule has 0 radical (unpaired) electrons. The maximum Gasteiger partial charge on any atom is 0.261 e. The first kappa shape index (κ1) is 23.7. The first-order chi connectivity index (χ1) is 13.9. The third-order valence-electron chi connectivity index (χ3n) is 6.18. The Hall–Kier alpha value is -1.58. The van der Waals surface area contributed by atoms with Crippen molar-refractivity contribution in [1.29, 1.82) is 0 Å². The van der Waals surface area contributed by atoms with Gasteiger partial charge in [0, 0.05) is 6.61 Å². The van der Waals surface area contributed by atoms with E-state index in [1.165, 1.54) is 23.0 Å². The van der Waals surface area contributed by atoms with Crippen molar-refractivity contribution in [3.05, 3.63) is 72.2 Å². The van der Waals surface area contributed by atoms with Gasteiger partial charge >= 0.3 is 0 Å². The van der Waals surface area contributed by atoms with E-state index < -0.39 is 8.32 Å². The molecule has 0 aromatic heterocycles. The van der Waals surface area contributed by atoms with E-state index in [9.17, 15) is 0 Å². The summed E-state index contributed by atoms with van der Waals surface area (Å²) in [5.41, 5.74) is 1.60. The second kappa shape index (κ2) is 11.0. The molecule has 0 atom stereocenters. The molecule has 0 amide bonds. The molecule has 0 unspecified atom stereocenters. The van der Waals surface area contributed by atoms with E-state index in [2.05, 4.69) is 108 Å². The van der Waals surface area contributed by atoms with Crippen LogP contribution >= 0.6 is 0 Å². The van der Waals surface area contributed by atoms with Crippen LogP contribution in [0.25, 0.3) is 0 Å². The van der Waals surface area contributed by atoms with Crippen molar-refractivity contribution in [3.8, 4) is 0 Å². The van der Waals surface area contributed by atoms with E-state index in [4.69, 9.17) is 4.43 Å². The fourth-order valence-corrected chi connectivity index (χ4v) is 9.21. The maximum absolute atomic E-state index is 7.00. The average Bonchev–Trinajstić information content (AvgIpc) is 2.73. The van der Waals surface area contributed by atoms with Gasteiger partial charge < -0.3 is 4.43 Å². The third kappa shape index (κ3) is 5.52. The van der Waals surface area contributed by atoms with Crippen molar-refractivity contribution in [2.45, 2.75) is 72.1 Å². The molecular formula is C26H39BOSi. The Morgan fingerprint density at radius 1 is 0.862 bits per heavy atom. The SMILES string of the molecule is CCB(CC)/C(=C\CCO[Si](c1ccccc1)(c1ccccc1)C(C)(C)C)CC. The lowest BCUT2D eigenvalue weighted by atomic mass is 9.40. The highest BCUT2D eigenvalue weighted by Gasteiger charge is 2.49. The van der Waals surface area contributed by atoms with Crippen molar-refractivity contribution < 1.29 is 4.43 Å². The highest BCUT2D eigenvalue weighted by molar-refractivity contribution is 6.99. The topological polar surface area (TPSA) is 9.23 Å². The second-order valence-corrected chi connectivity index (χ2v) is 13.3. The van der Waals surface area contributed by atoms with Crippen LogP contribution in [0.2, 0.25) is 17.7 Å². The molecule has 0 saturated carbocycles. The molecule has 0 aliphatic carbocycles. The van der Waals surface area contributed by atoms with Crippen molar-refractivity contribution in [2.24, 2.45) is 0 Å². The molecule has 0 N–H and O–H groups in total. The highest BCUT2D eigenvalue weighted by Crippen LogP contribution is 2.36. The monoisotopic (exact) mass is 406 g/mol. The van der Waals surface area contributed by atoms with Crippen molar-refractivity contribution >= 4 is 25.4 Å². The number of allylic oxidation sites excluding steroid dienone is 1. The molecule has 2 aromatic carbocycles. The second-order valence-electron chi connectivity index (χ2n) is 8.95. The van der Waals surface area contributed by atoms with Crippen molar-refractivity contribution in [3.63, 3.8) is 0 Å². The summed E-state index contributed by atoms with van der Waals surface area (Å²) in [6.07, 6.45) is 7.04. The van der Waals surface area contributed by atoms with E-state index in [-0.39, 0.29) is 5.04 Å². The Morgan fingerprint density at radius 2 is 1.34 bits per heavy atom. The number of rotatable bonds is 10. The van der Waals surface area contributed by atoms with Gasteiger partial charge in [0.25, 0.3) is 8.32 Å². The lowest BCUT2D eigenvalue weighted by Gasteiger charge is -2.43. The first-order valence-electron chi connectivity index (χ1n) is 11.3. The van der Waals surface area contributed by atoms with Gasteiger partial charge in [-0.1, -0.05) is 121 Å². The maximum atomic E-state index is 7.00. The average molecular weight is 406 g/mol. The lowest BCUT2D eigenvalue weighted by molar-refractivity contribution is 0.304. The van der Waals surface area contributed by atoms with Gasteiger partial charge in [-0.2, -0.15) is 0 Å². The summed E-state index contributed by atoms with van der Waals surface area (Å²) in [5.74, 6) is 0. The number of benzene rings is 2. The quantitative estimate of drug-likeness (QED) is 0.329. The van der Waals surface area contributed by atoms with Crippen LogP contribution in [0.1, 0.15) is 54.4 Å². The predicted molar refractivity (Wildman–Crippen MR) is 133 cm³/mol. The van der Waals surface area contributed by atoms with E-state index in [1.807, 2.05) is 0 Å². The zero-order valence-corrected chi connectivity index (χ0v) is 20.4. The first-order valence-corrected chi connectivity index (χ1v) is 13.2. The van der Waals surface area contributed by atoms with Gasteiger partial charge in [0.05, 0.1) is 0 Å². The molecule has 1 nitrogen and oxygen atoms in total. The van der Waals surface area contributed by atoms with Crippen LogP contribution in [-0.2, 0) is 4.43 Å². The fraction of sp³-hybridized carbons (Fsp3) is 0.462. The summed E-state index contributed by atoms with van der Waals surface area (Å²) >= 11 is 0. The van der Waals surface area contributed by atoms with E-state index in [0.717, 1.165) is 19.4 Å². The van der Waals surface area contributed by atoms with Crippen LogP contribution in [0.5, 0.6) is 0 Å². The Bertz CT molecular complexity index is 706. The van der Waals surface area contributed by atoms with E-state index in [1.54, 1.807) is 5.47 Å². The molecule has 0 heterocycles. The number of hydrogen-bond donors (Lipinski definition) is 0. The zero-order valence-electron chi connectivity index (χ0n) is 19.4. The Kier molecular flexibility index (Phi) is 8.98. The summed E-state index contributed by atoms with van der Waals surface area (Å²) < 4.78 is 7.00. The minimum absolute atomic E-state index is 0.0440. The molecule has 0 saturated heterocycles. The van der Waals surface area contributed by atoms with Gasteiger partial charge in [0.2, 0.25) is 0 Å². The Morgan fingerprint density at radius 3 is 1.72 bits per heavy atom. The molecule has 156 valence electrons. The summed E-state index contributed by atoms with van der Waals surface area (Å²) in [5, 5.41) is 2.76. The largest absolute Gasteiger partial charge is 0.407 e. The minimum atomic E-state index is -2.40. The van der Waals surface area contributed by atoms with Crippen LogP contribution in [0.3, 0.4) is 0 Å². The molecule has 0 fully saturated rings. The van der Waals surface area contributed by atoms with Crippen molar-refractivity contribution in [2.75, 3.05) is 6.61 Å². The standard InChI is InChI=1S/C26H39BOSi/c1-7-23(27(8-2)9-3)17-16-22-28-29(26(4,5)6,24-18-12-10-13-19-24)25-20-14-11-15-21-25/h10-15,17-21H,7-9,16,22H2,1-6H3/b23-17-. The van der Waals surface area contributed by atoms with E-state index >= 15 is 0 Å². The lowest BCUT2D eigenvalue weighted by Crippen LogP contribution is -2.66. The molecule has 29 heavy (non-hydrogen) atoms. The molecule has 2 rings (SSSR count). The molecule has 3 heteroatoms. The van der Waals surface area contributed by atoms with Gasteiger partial charge in [-0.05, 0) is 28.3 Å². The molecule has 0 aliphatic heterocycles. The highest BCUT2D eigenvalue weighted by atomic mass is 28.4. The van der Waals surface area contributed by atoms with Gasteiger partial charge in [0.1, 0.15) is 0 Å². The van der Waals surface area contributed by atoms with Crippen LogP contribution < -0.4 is 10.4 Å². The Balaban J connectivity index is 2.37. The smallest absolute Gasteiger partial charge is 0.261 e. The normalized spacial score (nSPS) is 12.8. The summed E-state index contributed by atoms with van der Waals surface area (Å²) in [6.45, 7) is 15.4. The third-order valence-corrected chi connectivity index (χ3v) is 11.2. The summed E-state index contributed by atoms with van der Waals surface area (Å²) in [7, 11) is -2.40. The summed E-state index contributed by atoms with van der Waals surface area (Å²) in [6, 6.07) is 21.9. The predicted octanol–water partition coefficient (Wildman–Crippen LogP) is 6.36. The Labute approximate surface area is 180 Å². The van der Waals surface area contributed by atoms with Crippen molar-refractivity contribution in [1.82, 2.24) is 0 Å². The molecule has 2 aromatic rings. The van der Waals surface area contributed by atoms with Gasteiger partial charge in [-0.3, -0.25) is 0 Å². The van der Waals surface area contributed by atoms with Crippen LogP contribution in [0, 0.1) is 0 Å². The molecule has 0 bridgehead atoms. The van der Waals surface area contributed by atoms with Crippen LogP contribution in [-0.4, -0.2) is 21.6 Å². The van der Waals surface area contributed by atoms with Crippen LogP contribution in [0.4, 0.5) is 0 Å². The summed E-state index contributed by atoms with van der Waals surface area (Å²) in [4.78, 5) is 0. The van der Waals surface area contributed by atoms with Gasteiger partial charge in [0.15, 0.2) is 6.71 Å². The minimum Gasteiger partial charge on any atom is -0.407 e. The fourth-order valence-electron chi connectivity index (χ4n) is 4.63. The zero-order chi connectivity index (χ0) is 21.3. The van der Waals surface area contributed by atoms with Crippen LogP contribution in [0.15, 0.2) is 72.2 Å². The molecular weight excluding hydrogens is 367 g/mol. The van der Waals surface area contributed by atoms with Gasteiger partial charge in [-0.15, -0.1) is 5.47 Å². The molecule has 0 aliphatic rings.